The van der Waals surface area contributed by atoms with Crippen molar-refractivity contribution < 1.29 is 23.8 Å². The Hall–Kier alpha value is -2.54. The first-order valence-electron chi connectivity index (χ1n) is 7.81. The average molecular weight is 332 g/mol. The summed E-state index contributed by atoms with van der Waals surface area (Å²) in [6.07, 6.45) is 1.31. The van der Waals surface area contributed by atoms with E-state index in [0.717, 1.165) is 37.7 Å². The number of esters is 2. The fourth-order valence-corrected chi connectivity index (χ4v) is 2.52. The number of carbonyl (C=O) groups excluding carboxylic acids is 2. The Morgan fingerprint density at radius 3 is 2.21 bits per heavy atom. The smallest absolute Gasteiger partial charge is 0.350 e. The van der Waals surface area contributed by atoms with Gasteiger partial charge in [0, 0.05) is 44.5 Å². The number of morpholine rings is 1. The van der Waals surface area contributed by atoms with E-state index in [0.29, 0.717) is 0 Å². The largest absolute Gasteiger partial charge is 0.419 e. The molecule has 3 rings (SSSR count). The molecule has 0 atom stereocenters. The maximum Gasteiger partial charge on any atom is 0.350 e. The second-order valence-electron chi connectivity index (χ2n) is 6.03. The van der Waals surface area contributed by atoms with Crippen LogP contribution in [0, 0.1) is 0 Å². The van der Waals surface area contributed by atoms with Crippen LogP contribution < -0.4 is 10.2 Å². The summed E-state index contributed by atoms with van der Waals surface area (Å²) in [4.78, 5) is 25.9. The highest BCUT2D eigenvalue weighted by atomic mass is 16.7. The zero-order valence-corrected chi connectivity index (χ0v) is 13.7. The fourth-order valence-electron chi connectivity index (χ4n) is 2.52. The molecule has 1 aromatic rings. The van der Waals surface area contributed by atoms with E-state index < -0.39 is 17.7 Å². The number of ether oxygens (including phenoxy) is 3. The molecule has 1 aromatic carbocycles. The third kappa shape index (κ3) is 3.68. The molecule has 0 bridgehead atoms. The maximum absolute atomic E-state index is 11.9. The molecule has 7 nitrogen and oxygen atoms in total. The van der Waals surface area contributed by atoms with Gasteiger partial charge in [-0.3, -0.25) is 0 Å². The molecule has 1 N–H and O–H groups in total. The Kier molecular flexibility index (Phi) is 4.44. The van der Waals surface area contributed by atoms with Gasteiger partial charge in [0.1, 0.15) is 0 Å². The minimum absolute atomic E-state index is 0.161. The summed E-state index contributed by atoms with van der Waals surface area (Å²) in [5.74, 6) is -2.63. The Balaban J connectivity index is 1.66. The molecule has 0 aliphatic carbocycles. The lowest BCUT2D eigenvalue weighted by atomic mass is 10.2. The molecule has 2 fully saturated rings. The van der Waals surface area contributed by atoms with Gasteiger partial charge in [0.05, 0.1) is 13.2 Å². The van der Waals surface area contributed by atoms with Crippen molar-refractivity contribution in [3.8, 4) is 0 Å². The zero-order valence-electron chi connectivity index (χ0n) is 13.7. The van der Waals surface area contributed by atoms with Crippen LogP contribution in [-0.2, 0) is 23.8 Å². The zero-order chi connectivity index (χ0) is 17.2. The van der Waals surface area contributed by atoms with E-state index in [-0.39, 0.29) is 5.57 Å². The highest BCUT2D eigenvalue weighted by molar-refractivity contribution is 6.15. The summed E-state index contributed by atoms with van der Waals surface area (Å²) in [7, 11) is 0. The van der Waals surface area contributed by atoms with Crippen LogP contribution in [0.4, 0.5) is 11.4 Å². The lowest BCUT2D eigenvalue weighted by molar-refractivity contribution is -0.222. The standard InChI is InChI=1S/C17H20N2O5/c1-17(2)23-15(20)14(16(21)24-17)11-18-12-3-5-13(6-4-12)19-7-9-22-10-8-19/h3-6,11,18H,7-10H2,1-2H3. The predicted molar refractivity (Wildman–Crippen MR) is 87.4 cm³/mol. The predicted octanol–water partition coefficient (Wildman–Crippen LogP) is 1.66. The molecular formula is C17H20N2O5. The molecule has 2 aliphatic heterocycles. The molecule has 0 unspecified atom stereocenters. The Bertz CT molecular complexity index is 638. The van der Waals surface area contributed by atoms with E-state index in [2.05, 4.69) is 10.2 Å². The second-order valence-corrected chi connectivity index (χ2v) is 6.03. The Labute approximate surface area is 140 Å². The molecule has 0 radical (unpaired) electrons. The molecule has 0 amide bonds. The highest BCUT2D eigenvalue weighted by Crippen LogP contribution is 2.23. The first kappa shape index (κ1) is 16.3. The van der Waals surface area contributed by atoms with Gasteiger partial charge in [-0.2, -0.15) is 0 Å². The minimum Gasteiger partial charge on any atom is -0.419 e. The topological polar surface area (TPSA) is 77.1 Å². The van der Waals surface area contributed by atoms with Crippen molar-refractivity contribution in [1.82, 2.24) is 0 Å². The molecule has 2 saturated heterocycles. The van der Waals surface area contributed by atoms with Crippen LogP contribution in [0.15, 0.2) is 36.0 Å². The number of carbonyl (C=O) groups is 2. The molecule has 2 heterocycles. The van der Waals surface area contributed by atoms with Crippen LogP contribution in [-0.4, -0.2) is 44.0 Å². The summed E-state index contributed by atoms with van der Waals surface area (Å²) in [5, 5.41) is 2.93. The van der Waals surface area contributed by atoms with Gasteiger partial charge >= 0.3 is 11.9 Å². The van der Waals surface area contributed by atoms with Crippen molar-refractivity contribution in [1.29, 1.82) is 0 Å². The minimum atomic E-state index is -1.23. The molecule has 0 aromatic heterocycles. The van der Waals surface area contributed by atoms with Crippen molar-refractivity contribution in [3.05, 3.63) is 36.0 Å². The normalized spacial score (nSPS) is 20.2. The van der Waals surface area contributed by atoms with Crippen LogP contribution in [0.25, 0.3) is 0 Å². The number of cyclic esters (lactones) is 2. The van der Waals surface area contributed by atoms with Crippen molar-refractivity contribution in [3.63, 3.8) is 0 Å². The SMILES string of the molecule is CC1(C)OC(=O)C(=CNc2ccc(N3CCOCC3)cc2)C(=O)O1. The van der Waals surface area contributed by atoms with E-state index in [1.807, 2.05) is 24.3 Å². The van der Waals surface area contributed by atoms with Crippen LogP contribution in [0.5, 0.6) is 0 Å². The molecule has 24 heavy (non-hydrogen) atoms. The van der Waals surface area contributed by atoms with Gasteiger partial charge in [0.25, 0.3) is 5.79 Å². The highest BCUT2D eigenvalue weighted by Gasteiger charge is 2.38. The summed E-state index contributed by atoms with van der Waals surface area (Å²) >= 11 is 0. The second kappa shape index (κ2) is 6.52. The third-order valence-electron chi connectivity index (χ3n) is 3.74. The van der Waals surface area contributed by atoms with Gasteiger partial charge in [0.15, 0.2) is 5.57 Å². The molecule has 2 aliphatic rings. The van der Waals surface area contributed by atoms with Crippen LogP contribution in [0.1, 0.15) is 13.8 Å². The number of rotatable bonds is 3. The fraction of sp³-hybridized carbons (Fsp3) is 0.412. The number of benzene rings is 1. The van der Waals surface area contributed by atoms with Gasteiger partial charge in [0.2, 0.25) is 0 Å². The number of anilines is 2. The number of nitrogens with one attached hydrogen (secondary N) is 1. The van der Waals surface area contributed by atoms with Gasteiger partial charge in [-0.1, -0.05) is 0 Å². The van der Waals surface area contributed by atoms with Crippen LogP contribution in [0.3, 0.4) is 0 Å². The van der Waals surface area contributed by atoms with Gasteiger partial charge in [-0.15, -0.1) is 0 Å². The van der Waals surface area contributed by atoms with Crippen LogP contribution >= 0.6 is 0 Å². The van der Waals surface area contributed by atoms with Gasteiger partial charge in [-0.25, -0.2) is 9.59 Å². The molecular weight excluding hydrogens is 312 g/mol. The molecule has 128 valence electrons. The Morgan fingerprint density at radius 2 is 1.62 bits per heavy atom. The maximum atomic E-state index is 11.9. The summed E-state index contributed by atoms with van der Waals surface area (Å²) < 4.78 is 15.4. The van der Waals surface area contributed by atoms with E-state index in [1.165, 1.54) is 20.0 Å². The quantitative estimate of drug-likeness (QED) is 0.512. The van der Waals surface area contributed by atoms with Crippen molar-refractivity contribution >= 4 is 23.3 Å². The van der Waals surface area contributed by atoms with Crippen LogP contribution in [0.2, 0.25) is 0 Å². The molecule has 0 saturated carbocycles. The number of hydrogen-bond donors (Lipinski definition) is 1. The first-order chi connectivity index (χ1) is 11.4. The first-order valence-corrected chi connectivity index (χ1v) is 7.81. The van der Waals surface area contributed by atoms with E-state index in [4.69, 9.17) is 14.2 Å². The molecule has 7 heteroatoms. The Morgan fingerprint density at radius 1 is 1.04 bits per heavy atom. The van der Waals surface area contributed by atoms with E-state index in [1.54, 1.807) is 0 Å². The van der Waals surface area contributed by atoms with E-state index in [9.17, 15) is 9.59 Å². The van der Waals surface area contributed by atoms with Crippen molar-refractivity contribution in [2.24, 2.45) is 0 Å². The monoisotopic (exact) mass is 332 g/mol. The number of hydrogen-bond acceptors (Lipinski definition) is 7. The van der Waals surface area contributed by atoms with Gasteiger partial charge < -0.3 is 24.4 Å². The van der Waals surface area contributed by atoms with Crippen molar-refractivity contribution in [2.75, 3.05) is 36.5 Å². The average Bonchev–Trinajstić information content (AvgIpc) is 2.54. The summed E-state index contributed by atoms with van der Waals surface area (Å²) in [6.45, 7) is 6.21. The lowest BCUT2D eigenvalue weighted by Gasteiger charge is -2.29. The lowest BCUT2D eigenvalue weighted by Crippen LogP contribution is -2.42. The molecule has 0 spiro atoms. The van der Waals surface area contributed by atoms with E-state index >= 15 is 0 Å². The van der Waals surface area contributed by atoms with Crippen molar-refractivity contribution in [2.45, 2.75) is 19.6 Å². The number of nitrogens with zero attached hydrogens (tertiary/aromatic N) is 1. The summed E-state index contributed by atoms with van der Waals surface area (Å²) in [5.41, 5.74) is 1.70. The third-order valence-corrected chi connectivity index (χ3v) is 3.74. The van der Waals surface area contributed by atoms with Gasteiger partial charge in [-0.05, 0) is 24.3 Å². The summed E-state index contributed by atoms with van der Waals surface area (Å²) in [6, 6.07) is 7.72.